The highest BCUT2D eigenvalue weighted by atomic mass is 15.2. The van der Waals surface area contributed by atoms with Crippen LogP contribution in [0.2, 0.25) is 0 Å². The Hall–Kier alpha value is -1.68. The van der Waals surface area contributed by atoms with Crippen LogP contribution in [-0.2, 0) is 0 Å². The van der Waals surface area contributed by atoms with Crippen molar-refractivity contribution in [3.05, 3.63) is 72.9 Å². The predicted octanol–water partition coefficient (Wildman–Crippen LogP) is 19.5. The Morgan fingerprint density at radius 3 is 0.864 bits per heavy atom. The van der Waals surface area contributed by atoms with E-state index in [4.69, 9.17) is 0 Å². The zero-order chi connectivity index (χ0) is 47.2. The third kappa shape index (κ3) is 47.4. The van der Waals surface area contributed by atoms with Crippen LogP contribution >= 0.6 is 0 Å². The van der Waals surface area contributed by atoms with E-state index in [2.05, 4.69) is 108 Å². The third-order valence-corrected chi connectivity index (χ3v) is 13.9. The minimum atomic E-state index is 1.12. The lowest BCUT2D eigenvalue weighted by molar-refractivity contribution is 0.159. The molecule has 0 amide bonds. The molecule has 0 aromatic rings. The Labute approximate surface area is 416 Å². The van der Waals surface area contributed by atoms with Gasteiger partial charge >= 0.3 is 0 Å². The van der Waals surface area contributed by atoms with Crippen molar-refractivity contribution >= 4 is 0 Å². The zero-order valence-corrected chi connectivity index (χ0v) is 45.2. The van der Waals surface area contributed by atoms with Gasteiger partial charge < -0.3 is 14.7 Å². The number of likely N-dealkylation sites (tertiary alicyclic amines) is 1. The fraction of sp³-hybridized carbons (Fsp3) is 0.810. The van der Waals surface area contributed by atoms with Crippen LogP contribution in [0.15, 0.2) is 72.9 Å². The first-order valence-corrected chi connectivity index (χ1v) is 29.9. The summed E-state index contributed by atoms with van der Waals surface area (Å²) >= 11 is 0. The Balaban J connectivity index is 2.48. The molecule has 0 aromatic heterocycles. The van der Waals surface area contributed by atoms with E-state index in [1.54, 1.807) is 0 Å². The lowest BCUT2D eigenvalue weighted by atomic mass is 10.1. The largest absolute Gasteiger partial charge is 0.302 e. The maximum Gasteiger partial charge on any atom is 0.0110 e. The van der Waals surface area contributed by atoms with Gasteiger partial charge in [-0.15, -0.1) is 0 Å². The van der Waals surface area contributed by atoms with E-state index in [1.807, 2.05) is 0 Å². The van der Waals surface area contributed by atoms with Gasteiger partial charge in [0.05, 0.1) is 0 Å². The van der Waals surface area contributed by atoms with Gasteiger partial charge in [0.15, 0.2) is 0 Å². The summed E-state index contributed by atoms with van der Waals surface area (Å²) < 4.78 is 0. The Morgan fingerprint density at radius 2 is 0.545 bits per heavy atom. The van der Waals surface area contributed by atoms with Crippen molar-refractivity contribution in [3.8, 4) is 0 Å². The molecule has 0 saturated carbocycles. The van der Waals surface area contributed by atoms with Crippen LogP contribution < -0.4 is 0 Å². The Bertz CT molecular complexity index is 1060. The molecule has 1 fully saturated rings. The molecule has 1 rings (SSSR count). The van der Waals surface area contributed by atoms with Gasteiger partial charge in [-0.3, -0.25) is 0 Å². The Morgan fingerprint density at radius 1 is 0.273 bits per heavy atom. The monoisotopic (exact) mass is 916 g/mol. The molecule has 1 heterocycles. The number of allylic oxidation sites excluding steroid dienone is 12. The maximum absolute atomic E-state index is 2.89. The molecule has 384 valence electrons. The number of rotatable bonds is 51. The predicted molar refractivity (Wildman–Crippen MR) is 301 cm³/mol. The highest BCUT2D eigenvalue weighted by Crippen LogP contribution is 2.14. The van der Waals surface area contributed by atoms with Gasteiger partial charge in [-0.05, 0) is 161 Å². The van der Waals surface area contributed by atoms with Crippen molar-refractivity contribution in [2.75, 3.05) is 58.9 Å². The van der Waals surface area contributed by atoms with Crippen molar-refractivity contribution in [1.82, 2.24) is 14.7 Å². The molecule has 0 N–H and O–H groups in total. The van der Waals surface area contributed by atoms with Crippen molar-refractivity contribution < 1.29 is 0 Å². The molecule has 0 bridgehead atoms. The SMILES string of the molecule is CCCCC/C=C\C/C=C\CCCCCCCCN(CCCCCCCC/C=C\C/C=C\CCCCC)CCN(CCCCCCCC/C=C\C/C=C\CCCCC)CCN1CCCCC1. The summed E-state index contributed by atoms with van der Waals surface area (Å²) in [7, 11) is 0. The standard InChI is InChI=1S/C63H117N3/c1-4-7-10-13-16-19-22-25-28-31-34-37-40-43-46-50-55-64(56-51-47-44-41-38-35-32-29-26-23-20-17-14-11-8-5-2)60-62-66(63-61-65-57-53-49-54-58-65)59-52-48-45-42-39-36-33-30-27-24-21-18-15-12-9-6-3/h16-21,25-30H,4-15,22-24,31-63H2,1-3H3/b19-16-,20-17-,21-18-,28-25-,29-26-,30-27-. The molecule has 0 aliphatic carbocycles. The first-order chi connectivity index (χ1) is 32.8. The highest BCUT2D eigenvalue weighted by molar-refractivity contribution is 4.94. The second-order valence-corrected chi connectivity index (χ2v) is 20.3. The maximum atomic E-state index is 2.89. The number of hydrogen-bond donors (Lipinski definition) is 0. The van der Waals surface area contributed by atoms with E-state index in [1.165, 1.54) is 290 Å². The molecule has 3 heteroatoms. The van der Waals surface area contributed by atoms with E-state index in [0.717, 1.165) is 19.3 Å². The number of unbranched alkanes of at least 4 members (excludes halogenated alkanes) is 27. The summed E-state index contributed by atoms with van der Waals surface area (Å²) in [5, 5.41) is 0. The molecule has 3 nitrogen and oxygen atoms in total. The molecule has 0 radical (unpaired) electrons. The molecular weight excluding hydrogens is 799 g/mol. The quantitative estimate of drug-likeness (QED) is 0.0445. The summed E-state index contributed by atoms with van der Waals surface area (Å²) in [6.07, 6.45) is 81.0. The topological polar surface area (TPSA) is 9.72 Å². The lowest BCUT2D eigenvalue weighted by Gasteiger charge is -2.31. The Kier molecular flexibility index (Phi) is 51.3. The van der Waals surface area contributed by atoms with Gasteiger partial charge in [-0.1, -0.05) is 216 Å². The van der Waals surface area contributed by atoms with Crippen LogP contribution in [0.5, 0.6) is 0 Å². The van der Waals surface area contributed by atoms with Crippen LogP contribution in [0.25, 0.3) is 0 Å². The van der Waals surface area contributed by atoms with Gasteiger partial charge in [-0.25, -0.2) is 0 Å². The van der Waals surface area contributed by atoms with Crippen LogP contribution in [0, 0.1) is 0 Å². The first kappa shape index (κ1) is 62.3. The van der Waals surface area contributed by atoms with Gasteiger partial charge in [0.1, 0.15) is 0 Å². The molecular formula is C63H117N3. The normalized spacial score (nSPS) is 14.3. The van der Waals surface area contributed by atoms with E-state index >= 15 is 0 Å². The van der Waals surface area contributed by atoms with Crippen molar-refractivity contribution in [1.29, 1.82) is 0 Å². The van der Waals surface area contributed by atoms with Crippen molar-refractivity contribution in [2.24, 2.45) is 0 Å². The minimum absolute atomic E-state index is 1.12. The van der Waals surface area contributed by atoms with E-state index in [9.17, 15) is 0 Å². The van der Waals surface area contributed by atoms with Crippen LogP contribution in [0.1, 0.15) is 271 Å². The third-order valence-electron chi connectivity index (χ3n) is 13.9. The van der Waals surface area contributed by atoms with E-state index in [0.29, 0.717) is 0 Å². The summed E-state index contributed by atoms with van der Waals surface area (Å²) in [6.45, 7) is 18.5. The summed E-state index contributed by atoms with van der Waals surface area (Å²) in [5.74, 6) is 0. The average molecular weight is 917 g/mol. The van der Waals surface area contributed by atoms with Gasteiger partial charge in [0.2, 0.25) is 0 Å². The summed E-state index contributed by atoms with van der Waals surface area (Å²) in [6, 6.07) is 0. The molecule has 0 unspecified atom stereocenters. The number of piperidine rings is 1. The van der Waals surface area contributed by atoms with E-state index in [-0.39, 0.29) is 0 Å². The summed E-state index contributed by atoms with van der Waals surface area (Å²) in [4.78, 5) is 8.53. The van der Waals surface area contributed by atoms with Crippen LogP contribution in [-0.4, -0.2) is 73.6 Å². The fourth-order valence-corrected chi connectivity index (χ4v) is 9.39. The van der Waals surface area contributed by atoms with Crippen molar-refractivity contribution in [3.63, 3.8) is 0 Å². The molecule has 1 saturated heterocycles. The summed E-state index contributed by atoms with van der Waals surface area (Å²) in [5.41, 5.74) is 0. The zero-order valence-electron chi connectivity index (χ0n) is 45.2. The van der Waals surface area contributed by atoms with Gasteiger partial charge in [0, 0.05) is 26.2 Å². The molecule has 0 spiro atoms. The number of hydrogen-bond acceptors (Lipinski definition) is 3. The fourth-order valence-electron chi connectivity index (χ4n) is 9.39. The van der Waals surface area contributed by atoms with Crippen LogP contribution in [0.3, 0.4) is 0 Å². The number of nitrogens with zero attached hydrogens (tertiary/aromatic N) is 3. The van der Waals surface area contributed by atoms with Crippen molar-refractivity contribution in [2.45, 2.75) is 271 Å². The smallest absolute Gasteiger partial charge is 0.0110 e. The first-order valence-electron chi connectivity index (χ1n) is 29.9. The van der Waals surface area contributed by atoms with Gasteiger partial charge in [0.25, 0.3) is 0 Å². The minimum Gasteiger partial charge on any atom is -0.302 e. The molecule has 1 aliphatic rings. The van der Waals surface area contributed by atoms with E-state index < -0.39 is 0 Å². The average Bonchev–Trinajstić information content (AvgIpc) is 3.34. The second-order valence-electron chi connectivity index (χ2n) is 20.3. The molecule has 0 aromatic carbocycles. The van der Waals surface area contributed by atoms with Gasteiger partial charge in [-0.2, -0.15) is 0 Å². The molecule has 66 heavy (non-hydrogen) atoms. The molecule has 0 atom stereocenters. The molecule has 1 aliphatic heterocycles. The highest BCUT2D eigenvalue weighted by Gasteiger charge is 2.14. The second kappa shape index (κ2) is 54.3. The lowest BCUT2D eigenvalue weighted by Crippen LogP contribution is -2.41. The van der Waals surface area contributed by atoms with Crippen LogP contribution in [0.4, 0.5) is 0 Å².